The van der Waals surface area contributed by atoms with Gasteiger partial charge in [-0.3, -0.25) is 9.36 Å². The van der Waals surface area contributed by atoms with Gasteiger partial charge in [0.05, 0.1) is 47.3 Å². The van der Waals surface area contributed by atoms with E-state index in [0.717, 1.165) is 0 Å². The van der Waals surface area contributed by atoms with Crippen LogP contribution in [0.1, 0.15) is 51.8 Å². The van der Waals surface area contributed by atoms with E-state index >= 15 is 0 Å². The van der Waals surface area contributed by atoms with Crippen LogP contribution < -0.4 is 29.1 Å². The Bertz CT molecular complexity index is 1600. The van der Waals surface area contributed by atoms with Gasteiger partial charge in [-0.25, -0.2) is 9.79 Å². The molecule has 1 atom stereocenters. The molecule has 1 aliphatic rings. The maximum atomic E-state index is 14.0. The van der Waals surface area contributed by atoms with Crippen LogP contribution in [0.5, 0.6) is 17.2 Å². The van der Waals surface area contributed by atoms with Gasteiger partial charge >= 0.3 is 5.97 Å². The Kier molecular flexibility index (Phi) is 8.82. The summed E-state index contributed by atoms with van der Waals surface area (Å²) in [7, 11) is 1.52. The fourth-order valence-corrected chi connectivity index (χ4v) is 5.78. The number of hydrogen-bond acceptors (Lipinski definition) is 8. The van der Waals surface area contributed by atoms with Crippen LogP contribution in [0.4, 0.5) is 0 Å². The molecule has 0 N–H and O–H groups in total. The molecule has 0 saturated carbocycles. The van der Waals surface area contributed by atoms with E-state index in [1.807, 2.05) is 45.0 Å². The zero-order valence-electron chi connectivity index (χ0n) is 22.7. The van der Waals surface area contributed by atoms with Crippen LogP contribution in [-0.2, 0) is 9.53 Å². The lowest BCUT2D eigenvalue weighted by Gasteiger charge is -2.26. The second-order valence-corrected chi connectivity index (χ2v) is 10.4. The van der Waals surface area contributed by atoms with Crippen molar-refractivity contribution in [3.05, 3.63) is 83.5 Å². The predicted molar refractivity (Wildman–Crippen MR) is 152 cm³/mol. The third kappa shape index (κ3) is 5.74. The Balaban J connectivity index is 1.96. The van der Waals surface area contributed by atoms with E-state index in [4.69, 9.17) is 30.5 Å². The van der Waals surface area contributed by atoms with Gasteiger partial charge in [-0.15, -0.1) is 0 Å². The first kappa shape index (κ1) is 28.4. The highest BCUT2D eigenvalue weighted by Gasteiger charge is 2.35. The van der Waals surface area contributed by atoms with Gasteiger partial charge in [0.25, 0.3) is 5.56 Å². The quantitative estimate of drug-likeness (QED) is 0.348. The molecule has 10 heteroatoms. The number of nitrogens with zero attached hydrogens (tertiary/aromatic N) is 2. The van der Waals surface area contributed by atoms with E-state index in [9.17, 15) is 9.59 Å². The van der Waals surface area contributed by atoms with Crippen LogP contribution in [0.25, 0.3) is 6.08 Å². The first-order chi connectivity index (χ1) is 18.7. The summed E-state index contributed by atoms with van der Waals surface area (Å²) in [6.07, 6.45) is 1.62. The minimum Gasteiger partial charge on any atom is -0.491 e. The molecule has 2 aromatic carbocycles. The molecule has 0 bridgehead atoms. The topological polar surface area (TPSA) is 88.4 Å². The summed E-state index contributed by atoms with van der Waals surface area (Å²) in [5.41, 5.74) is 1.80. The molecular formula is C29H31ClN2O6S. The number of halogens is 1. The Hall–Kier alpha value is -3.56. The number of allylic oxidation sites excluding steroid dienone is 1. The minimum atomic E-state index is -0.782. The number of hydrogen-bond donors (Lipinski definition) is 0. The van der Waals surface area contributed by atoms with Crippen molar-refractivity contribution in [3.63, 3.8) is 0 Å². The molecular weight excluding hydrogens is 540 g/mol. The lowest BCUT2D eigenvalue weighted by Crippen LogP contribution is -2.40. The molecule has 8 nitrogen and oxygen atoms in total. The fraction of sp³-hybridized carbons (Fsp3) is 0.345. The molecule has 0 amide bonds. The summed E-state index contributed by atoms with van der Waals surface area (Å²) in [6.45, 7) is 9.81. The van der Waals surface area contributed by atoms with Gasteiger partial charge in [-0.2, -0.15) is 0 Å². The largest absolute Gasteiger partial charge is 0.491 e. The van der Waals surface area contributed by atoms with Crippen LogP contribution in [0.2, 0.25) is 5.02 Å². The van der Waals surface area contributed by atoms with E-state index < -0.39 is 12.0 Å². The molecule has 1 unspecified atom stereocenters. The fourth-order valence-electron chi connectivity index (χ4n) is 4.44. The summed E-state index contributed by atoms with van der Waals surface area (Å²) in [6, 6.07) is 10.1. The number of benzene rings is 2. The van der Waals surface area contributed by atoms with Crippen molar-refractivity contribution in [2.24, 2.45) is 4.99 Å². The molecule has 0 saturated heterocycles. The smallest absolute Gasteiger partial charge is 0.338 e. The molecule has 1 aliphatic heterocycles. The molecule has 39 heavy (non-hydrogen) atoms. The lowest BCUT2D eigenvalue weighted by molar-refractivity contribution is -0.139. The molecule has 0 fully saturated rings. The van der Waals surface area contributed by atoms with Gasteiger partial charge in [0.1, 0.15) is 11.8 Å². The highest BCUT2D eigenvalue weighted by atomic mass is 35.5. The lowest BCUT2D eigenvalue weighted by atomic mass is 9.95. The number of fused-ring (bicyclic) bond motifs is 1. The molecule has 1 aromatic heterocycles. The Morgan fingerprint density at radius 3 is 2.59 bits per heavy atom. The number of aromatic nitrogens is 1. The molecule has 4 rings (SSSR count). The van der Waals surface area contributed by atoms with E-state index in [0.29, 0.717) is 60.6 Å². The number of esters is 1. The van der Waals surface area contributed by atoms with E-state index in [2.05, 4.69) is 4.99 Å². The maximum absolute atomic E-state index is 14.0. The normalized spacial score (nSPS) is 15.2. The van der Waals surface area contributed by atoms with Crippen LogP contribution in [0.3, 0.4) is 0 Å². The predicted octanol–water partition coefficient (Wildman–Crippen LogP) is 4.65. The number of ether oxygens (including phenoxy) is 4. The van der Waals surface area contributed by atoms with Gasteiger partial charge in [0.15, 0.2) is 16.3 Å². The third-order valence-electron chi connectivity index (χ3n) is 5.93. The van der Waals surface area contributed by atoms with Crippen molar-refractivity contribution in [1.82, 2.24) is 4.57 Å². The van der Waals surface area contributed by atoms with Crippen molar-refractivity contribution in [3.8, 4) is 17.2 Å². The average molecular weight is 571 g/mol. The molecule has 3 aromatic rings. The number of methoxy groups -OCH3 is 1. The van der Waals surface area contributed by atoms with E-state index in [1.165, 1.54) is 23.0 Å². The summed E-state index contributed by atoms with van der Waals surface area (Å²) in [4.78, 5) is 32.3. The summed E-state index contributed by atoms with van der Waals surface area (Å²) in [5.74, 6) is 0.950. The van der Waals surface area contributed by atoms with Crippen LogP contribution in [0, 0.1) is 0 Å². The second kappa shape index (κ2) is 12.1. The van der Waals surface area contributed by atoms with Crippen molar-refractivity contribution in [2.45, 2.75) is 46.8 Å². The Morgan fingerprint density at radius 1 is 1.18 bits per heavy atom. The van der Waals surface area contributed by atoms with Gasteiger partial charge < -0.3 is 18.9 Å². The first-order valence-corrected chi connectivity index (χ1v) is 13.8. The highest BCUT2D eigenvalue weighted by Crippen LogP contribution is 2.37. The Labute approximate surface area is 235 Å². The van der Waals surface area contributed by atoms with E-state index in [1.54, 1.807) is 32.1 Å². The molecule has 0 radical (unpaired) electrons. The van der Waals surface area contributed by atoms with Crippen LogP contribution >= 0.6 is 22.9 Å². The van der Waals surface area contributed by atoms with Crippen LogP contribution in [-0.4, -0.2) is 37.0 Å². The number of thiazole rings is 1. The van der Waals surface area contributed by atoms with Gasteiger partial charge in [-0.1, -0.05) is 41.1 Å². The third-order valence-corrected chi connectivity index (χ3v) is 7.19. The molecule has 2 heterocycles. The number of carbonyl (C=O) groups excluding carboxylic acids is 1. The summed E-state index contributed by atoms with van der Waals surface area (Å²) in [5, 5.41) is 0.362. The van der Waals surface area contributed by atoms with Gasteiger partial charge in [0, 0.05) is 5.56 Å². The average Bonchev–Trinajstić information content (AvgIpc) is 3.17. The minimum absolute atomic E-state index is 0.113. The number of carbonyl (C=O) groups is 1. The highest BCUT2D eigenvalue weighted by molar-refractivity contribution is 7.07. The monoisotopic (exact) mass is 570 g/mol. The van der Waals surface area contributed by atoms with Crippen molar-refractivity contribution < 1.29 is 23.7 Å². The zero-order valence-corrected chi connectivity index (χ0v) is 24.3. The van der Waals surface area contributed by atoms with Crippen molar-refractivity contribution >= 4 is 35.0 Å². The summed E-state index contributed by atoms with van der Waals surface area (Å²) >= 11 is 7.67. The zero-order chi connectivity index (χ0) is 28.3. The molecule has 0 spiro atoms. The number of para-hydroxylation sites is 1. The van der Waals surface area contributed by atoms with Gasteiger partial charge in [-0.05, 0) is 64.5 Å². The first-order valence-electron chi connectivity index (χ1n) is 12.7. The standard InChI is InChI=1S/C29H31ClN2O6S/c1-7-36-22-14-18(13-20(30)26(22)35-6)15-23-27(33)32-25(19-11-9-10-12-21(19)38-16(3)4)24(28(34)37-8-2)17(5)31-29(32)39-23/h9-16,25H,7-8H2,1-6H3. The van der Waals surface area contributed by atoms with Crippen LogP contribution in [0.15, 0.2) is 57.5 Å². The van der Waals surface area contributed by atoms with Crippen molar-refractivity contribution in [2.75, 3.05) is 20.3 Å². The van der Waals surface area contributed by atoms with Crippen molar-refractivity contribution in [1.29, 1.82) is 0 Å². The van der Waals surface area contributed by atoms with Gasteiger partial charge in [0.2, 0.25) is 0 Å². The second-order valence-electron chi connectivity index (χ2n) is 8.97. The SMILES string of the molecule is CCOC(=O)C1=C(C)N=c2sc(=Cc3cc(Cl)c(OC)c(OCC)c3)c(=O)n2C1c1ccccc1OC(C)C. The number of rotatable bonds is 9. The Morgan fingerprint density at radius 2 is 1.92 bits per heavy atom. The van der Waals surface area contributed by atoms with E-state index in [-0.39, 0.29) is 18.3 Å². The molecule has 206 valence electrons. The maximum Gasteiger partial charge on any atom is 0.338 e. The molecule has 0 aliphatic carbocycles. The summed E-state index contributed by atoms with van der Waals surface area (Å²) < 4.78 is 24.5.